The molecule has 0 atom stereocenters. The molecule has 0 aromatic heterocycles. The predicted molar refractivity (Wildman–Crippen MR) is 81.3 cm³/mol. The van der Waals surface area contributed by atoms with Gasteiger partial charge in [-0.05, 0) is 37.2 Å². The van der Waals surface area contributed by atoms with Crippen LogP contribution in [0, 0.1) is 0 Å². The quantitative estimate of drug-likeness (QED) is 0.773. The molecule has 0 radical (unpaired) electrons. The van der Waals surface area contributed by atoms with Gasteiger partial charge < -0.3 is 20.3 Å². The summed E-state index contributed by atoms with van der Waals surface area (Å²) in [5.41, 5.74) is 2.01. The number of benzene rings is 1. The molecule has 0 saturated carbocycles. The van der Waals surface area contributed by atoms with Crippen LogP contribution < -0.4 is 15.5 Å². The number of anilines is 2. The Morgan fingerprint density at radius 2 is 1.95 bits per heavy atom. The lowest BCUT2D eigenvalue weighted by Gasteiger charge is -2.28. The molecule has 1 saturated heterocycles. The zero-order valence-electron chi connectivity index (χ0n) is 12.0. The van der Waals surface area contributed by atoms with E-state index in [9.17, 15) is 4.79 Å². The first-order chi connectivity index (χ1) is 9.79. The van der Waals surface area contributed by atoms with Gasteiger partial charge in [0.1, 0.15) is 0 Å². The van der Waals surface area contributed by atoms with Crippen LogP contribution in [0.3, 0.4) is 0 Å². The molecule has 110 valence electrons. The van der Waals surface area contributed by atoms with Crippen molar-refractivity contribution < 1.29 is 9.53 Å². The van der Waals surface area contributed by atoms with E-state index in [2.05, 4.69) is 22.5 Å². The van der Waals surface area contributed by atoms with Crippen LogP contribution in [0.25, 0.3) is 0 Å². The third-order valence-electron chi connectivity index (χ3n) is 3.24. The van der Waals surface area contributed by atoms with Crippen molar-refractivity contribution in [2.45, 2.75) is 13.3 Å². The molecule has 1 aromatic carbocycles. The molecular formula is C15H23N3O2. The van der Waals surface area contributed by atoms with Gasteiger partial charge in [-0.2, -0.15) is 0 Å². The second-order valence-corrected chi connectivity index (χ2v) is 4.87. The number of ether oxygens (including phenoxy) is 1. The van der Waals surface area contributed by atoms with Crippen LogP contribution in [0.1, 0.15) is 13.3 Å². The lowest BCUT2D eigenvalue weighted by molar-refractivity contribution is -0.115. The van der Waals surface area contributed by atoms with Crippen molar-refractivity contribution in [2.24, 2.45) is 0 Å². The Labute approximate surface area is 120 Å². The molecular weight excluding hydrogens is 254 g/mol. The van der Waals surface area contributed by atoms with Crippen molar-refractivity contribution in [3.63, 3.8) is 0 Å². The molecule has 5 nitrogen and oxygen atoms in total. The van der Waals surface area contributed by atoms with Crippen molar-refractivity contribution in [2.75, 3.05) is 49.6 Å². The van der Waals surface area contributed by atoms with Crippen LogP contribution in [-0.2, 0) is 9.53 Å². The highest BCUT2D eigenvalue weighted by molar-refractivity contribution is 5.92. The number of hydrogen-bond acceptors (Lipinski definition) is 4. The van der Waals surface area contributed by atoms with E-state index in [0.717, 1.165) is 45.0 Å². The molecule has 1 aliphatic rings. The SMILES string of the molecule is CCCNCC(=O)Nc1ccc(N2CCOCC2)cc1. The number of hydrogen-bond donors (Lipinski definition) is 2. The Morgan fingerprint density at radius 1 is 1.25 bits per heavy atom. The smallest absolute Gasteiger partial charge is 0.238 e. The Balaban J connectivity index is 1.83. The van der Waals surface area contributed by atoms with Crippen molar-refractivity contribution in [1.29, 1.82) is 0 Å². The second-order valence-electron chi connectivity index (χ2n) is 4.87. The predicted octanol–water partition coefficient (Wildman–Crippen LogP) is 1.46. The molecule has 1 amide bonds. The van der Waals surface area contributed by atoms with Gasteiger partial charge in [0.25, 0.3) is 0 Å². The Hall–Kier alpha value is -1.59. The maximum Gasteiger partial charge on any atom is 0.238 e. The average Bonchev–Trinajstić information content (AvgIpc) is 2.49. The van der Waals surface area contributed by atoms with Gasteiger partial charge in [-0.1, -0.05) is 6.92 Å². The van der Waals surface area contributed by atoms with Crippen molar-refractivity contribution in [3.8, 4) is 0 Å². The normalized spacial score (nSPS) is 15.2. The average molecular weight is 277 g/mol. The van der Waals surface area contributed by atoms with Gasteiger partial charge in [0, 0.05) is 24.5 Å². The minimum atomic E-state index is -0.00225. The summed E-state index contributed by atoms with van der Waals surface area (Å²) in [5.74, 6) is -0.00225. The summed E-state index contributed by atoms with van der Waals surface area (Å²) in [6.45, 7) is 6.71. The van der Waals surface area contributed by atoms with Crippen LogP contribution in [0.15, 0.2) is 24.3 Å². The molecule has 0 aliphatic carbocycles. The first kappa shape index (κ1) is 14.8. The number of carbonyl (C=O) groups excluding carboxylic acids is 1. The summed E-state index contributed by atoms with van der Waals surface area (Å²) in [6, 6.07) is 7.98. The highest BCUT2D eigenvalue weighted by atomic mass is 16.5. The van der Waals surface area contributed by atoms with Gasteiger partial charge in [0.2, 0.25) is 5.91 Å². The third-order valence-corrected chi connectivity index (χ3v) is 3.24. The van der Waals surface area contributed by atoms with E-state index in [4.69, 9.17) is 4.74 Å². The van der Waals surface area contributed by atoms with E-state index < -0.39 is 0 Å². The standard InChI is InChI=1S/C15H23N3O2/c1-2-7-16-12-15(19)17-13-3-5-14(6-4-13)18-8-10-20-11-9-18/h3-6,16H,2,7-12H2,1H3,(H,17,19). The number of morpholine rings is 1. The Bertz CT molecular complexity index is 414. The summed E-state index contributed by atoms with van der Waals surface area (Å²) in [5, 5.41) is 5.97. The fraction of sp³-hybridized carbons (Fsp3) is 0.533. The van der Waals surface area contributed by atoms with Crippen LogP contribution in [0.4, 0.5) is 11.4 Å². The van der Waals surface area contributed by atoms with E-state index in [1.165, 1.54) is 5.69 Å². The molecule has 0 spiro atoms. The van der Waals surface area contributed by atoms with Crippen LogP contribution in [-0.4, -0.2) is 45.3 Å². The zero-order valence-corrected chi connectivity index (χ0v) is 12.0. The highest BCUT2D eigenvalue weighted by Gasteiger charge is 2.11. The first-order valence-corrected chi connectivity index (χ1v) is 7.23. The molecule has 1 fully saturated rings. The monoisotopic (exact) mass is 277 g/mol. The molecule has 0 unspecified atom stereocenters. The summed E-state index contributed by atoms with van der Waals surface area (Å²) in [4.78, 5) is 14.0. The third kappa shape index (κ3) is 4.51. The van der Waals surface area contributed by atoms with E-state index in [-0.39, 0.29) is 5.91 Å². The van der Waals surface area contributed by atoms with Crippen LogP contribution in [0.5, 0.6) is 0 Å². The topological polar surface area (TPSA) is 53.6 Å². The van der Waals surface area contributed by atoms with E-state index >= 15 is 0 Å². The van der Waals surface area contributed by atoms with Gasteiger partial charge in [-0.3, -0.25) is 4.79 Å². The number of nitrogens with one attached hydrogen (secondary N) is 2. The summed E-state index contributed by atoms with van der Waals surface area (Å²) >= 11 is 0. The highest BCUT2D eigenvalue weighted by Crippen LogP contribution is 2.18. The minimum Gasteiger partial charge on any atom is -0.378 e. The van der Waals surface area contributed by atoms with Crippen molar-refractivity contribution >= 4 is 17.3 Å². The lowest BCUT2D eigenvalue weighted by atomic mass is 10.2. The molecule has 1 aliphatic heterocycles. The number of amides is 1. The Kier molecular flexibility index (Phi) is 5.83. The molecule has 5 heteroatoms. The maximum absolute atomic E-state index is 11.7. The van der Waals surface area contributed by atoms with Crippen molar-refractivity contribution in [1.82, 2.24) is 5.32 Å². The number of nitrogens with zero attached hydrogens (tertiary/aromatic N) is 1. The first-order valence-electron chi connectivity index (χ1n) is 7.23. The van der Waals surface area contributed by atoms with Gasteiger partial charge in [-0.15, -0.1) is 0 Å². The van der Waals surface area contributed by atoms with E-state index in [0.29, 0.717) is 6.54 Å². The van der Waals surface area contributed by atoms with E-state index in [1.54, 1.807) is 0 Å². The number of carbonyl (C=O) groups is 1. The summed E-state index contributed by atoms with van der Waals surface area (Å²) in [6.07, 6.45) is 1.03. The van der Waals surface area contributed by atoms with Gasteiger partial charge in [0.15, 0.2) is 0 Å². The molecule has 20 heavy (non-hydrogen) atoms. The molecule has 1 aromatic rings. The zero-order chi connectivity index (χ0) is 14.2. The molecule has 2 rings (SSSR count). The fourth-order valence-electron chi connectivity index (χ4n) is 2.16. The second kappa shape index (κ2) is 7.87. The molecule has 0 bridgehead atoms. The maximum atomic E-state index is 11.7. The molecule has 2 N–H and O–H groups in total. The van der Waals surface area contributed by atoms with Crippen LogP contribution >= 0.6 is 0 Å². The fourth-order valence-corrected chi connectivity index (χ4v) is 2.16. The summed E-state index contributed by atoms with van der Waals surface area (Å²) < 4.78 is 5.34. The summed E-state index contributed by atoms with van der Waals surface area (Å²) in [7, 11) is 0. The minimum absolute atomic E-state index is 0.00225. The van der Waals surface area contributed by atoms with Crippen LogP contribution in [0.2, 0.25) is 0 Å². The Morgan fingerprint density at radius 3 is 2.60 bits per heavy atom. The number of rotatable bonds is 6. The van der Waals surface area contributed by atoms with Gasteiger partial charge in [-0.25, -0.2) is 0 Å². The molecule has 1 heterocycles. The van der Waals surface area contributed by atoms with E-state index in [1.807, 2.05) is 24.3 Å². The van der Waals surface area contributed by atoms with Gasteiger partial charge >= 0.3 is 0 Å². The van der Waals surface area contributed by atoms with Gasteiger partial charge in [0.05, 0.1) is 19.8 Å². The van der Waals surface area contributed by atoms with Crippen molar-refractivity contribution in [3.05, 3.63) is 24.3 Å². The lowest BCUT2D eigenvalue weighted by Crippen LogP contribution is -2.36. The largest absolute Gasteiger partial charge is 0.378 e.